The third-order valence-electron chi connectivity index (χ3n) is 6.85. The van der Waals surface area contributed by atoms with E-state index in [0.717, 1.165) is 22.0 Å². The van der Waals surface area contributed by atoms with Gasteiger partial charge in [-0.1, -0.05) is 83.5 Å². The van der Waals surface area contributed by atoms with E-state index in [1.54, 1.807) is 35.2 Å². The molecule has 0 aliphatic heterocycles. The second kappa shape index (κ2) is 15.1. The Kier molecular flexibility index (Phi) is 11.9. The highest BCUT2D eigenvalue weighted by atomic mass is 79.9. The molecule has 0 unspecified atom stereocenters. The fourth-order valence-corrected chi connectivity index (χ4v) is 5.77. The van der Waals surface area contributed by atoms with Gasteiger partial charge in [-0.05, 0) is 55.2 Å². The first-order valence-corrected chi connectivity index (χ1v) is 15.7. The van der Waals surface area contributed by atoms with Crippen LogP contribution < -0.4 is 5.32 Å². The standard InChI is InChI=1S/C31H38BrN3O4S/c1-4-24(2)33-31(37)29(22-25-12-7-5-8-13-25)35(23-26-17-19-27(32)20-18-26)30(36)16-11-21-34(3)40(38,39)28-14-9-6-10-15-28/h5-10,12-15,17-20,24,29H,4,11,16,21-23H2,1-3H3,(H,33,37)/t24-,29-/m1/s1. The van der Waals surface area contributed by atoms with Gasteiger partial charge in [0.15, 0.2) is 0 Å². The largest absolute Gasteiger partial charge is 0.352 e. The van der Waals surface area contributed by atoms with Crippen molar-refractivity contribution in [3.8, 4) is 0 Å². The minimum Gasteiger partial charge on any atom is -0.352 e. The zero-order chi connectivity index (χ0) is 29.1. The molecule has 0 aliphatic carbocycles. The Morgan fingerprint density at radius 2 is 1.50 bits per heavy atom. The lowest BCUT2D eigenvalue weighted by Gasteiger charge is -2.32. The van der Waals surface area contributed by atoms with Crippen LogP contribution in [0.5, 0.6) is 0 Å². The first-order valence-electron chi connectivity index (χ1n) is 13.5. The molecule has 0 heterocycles. The van der Waals surface area contributed by atoms with Gasteiger partial charge >= 0.3 is 0 Å². The molecule has 0 radical (unpaired) electrons. The Hall–Kier alpha value is -3.01. The Labute approximate surface area is 246 Å². The van der Waals surface area contributed by atoms with E-state index < -0.39 is 16.1 Å². The lowest BCUT2D eigenvalue weighted by molar-refractivity contribution is -0.141. The van der Waals surface area contributed by atoms with Crippen molar-refractivity contribution >= 4 is 37.8 Å². The first kappa shape index (κ1) is 31.5. The fraction of sp³-hybridized carbons (Fsp3) is 0.355. The normalized spacial score (nSPS) is 13.0. The van der Waals surface area contributed by atoms with Gasteiger partial charge in [-0.25, -0.2) is 12.7 Å². The number of amides is 2. The fourth-order valence-electron chi connectivity index (χ4n) is 4.27. The van der Waals surface area contributed by atoms with Crippen LogP contribution >= 0.6 is 15.9 Å². The average Bonchev–Trinajstić information content (AvgIpc) is 2.96. The van der Waals surface area contributed by atoms with E-state index in [2.05, 4.69) is 21.2 Å². The molecule has 2 amide bonds. The lowest BCUT2D eigenvalue weighted by Crippen LogP contribution is -2.52. The summed E-state index contributed by atoms with van der Waals surface area (Å²) >= 11 is 3.45. The summed E-state index contributed by atoms with van der Waals surface area (Å²) in [4.78, 5) is 29.2. The van der Waals surface area contributed by atoms with Gasteiger partial charge in [-0.3, -0.25) is 9.59 Å². The predicted molar refractivity (Wildman–Crippen MR) is 162 cm³/mol. The Bertz CT molecular complexity index is 1340. The molecule has 3 aromatic carbocycles. The van der Waals surface area contributed by atoms with Crippen molar-refractivity contribution < 1.29 is 18.0 Å². The Morgan fingerprint density at radius 1 is 0.900 bits per heavy atom. The number of carbonyl (C=O) groups is 2. The minimum absolute atomic E-state index is 0.0350. The number of sulfonamides is 1. The van der Waals surface area contributed by atoms with Crippen molar-refractivity contribution in [1.82, 2.24) is 14.5 Å². The van der Waals surface area contributed by atoms with Crippen LogP contribution in [0.2, 0.25) is 0 Å². The van der Waals surface area contributed by atoms with Gasteiger partial charge in [0.1, 0.15) is 6.04 Å². The van der Waals surface area contributed by atoms with E-state index >= 15 is 0 Å². The molecule has 2 atom stereocenters. The third-order valence-corrected chi connectivity index (χ3v) is 9.25. The number of benzene rings is 3. The van der Waals surface area contributed by atoms with Crippen LogP contribution in [0.1, 0.15) is 44.2 Å². The zero-order valence-electron chi connectivity index (χ0n) is 23.3. The summed E-state index contributed by atoms with van der Waals surface area (Å²) in [7, 11) is -2.14. The number of carbonyl (C=O) groups excluding carboxylic acids is 2. The maximum atomic E-state index is 13.8. The van der Waals surface area contributed by atoms with Gasteiger partial charge in [0.25, 0.3) is 0 Å². The maximum absolute atomic E-state index is 13.8. The molecule has 214 valence electrons. The highest BCUT2D eigenvalue weighted by Crippen LogP contribution is 2.19. The molecule has 0 saturated heterocycles. The lowest BCUT2D eigenvalue weighted by atomic mass is 10.0. The molecule has 0 aromatic heterocycles. The molecular formula is C31H38BrN3O4S. The Morgan fingerprint density at radius 3 is 2.10 bits per heavy atom. The minimum atomic E-state index is -3.66. The smallest absolute Gasteiger partial charge is 0.243 e. The SMILES string of the molecule is CC[C@@H](C)NC(=O)[C@@H](Cc1ccccc1)N(Cc1ccc(Br)cc1)C(=O)CCCN(C)S(=O)(=O)c1ccccc1. The number of rotatable bonds is 14. The summed E-state index contributed by atoms with van der Waals surface area (Å²) in [6.07, 6.45) is 1.57. The van der Waals surface area contributed by atoms with Crippen molar-refractivity contribution in [3.05, 3.63) is 101 Å². The second-order valence-electron chi connectivity index (χ2n) is 9.91. The molecular weight excluding hydrogens is 590 g/mol. The van der Waals surface area contributed by atoms with Gasteiger partial charge < -0.3 is 10.2 Å². The Balaban J connectivity index is 1.83. The van der Waals surface area contributed by atoms with Crippen LogP contribution in [0.4, 0.5) is 0 Å². The molecule has 1 N–H and O–H groups in total. The van der Waals surface area contributed by atoms with Crippen LogP contribution in [0.3, 0.4) is 0 Å². The summed E-state index contributed by atoms with van der Waals surface area (Å²) < 4.78 is 28.0. The van der Waals surface area contributed by atoms with Crippen molar-refractivity contribution in [2.75, 3.05) is 13.6 Å². The van der Waals surface area contributed by atoms with Crippen LogP contribution in [0, 0.1) is 0 Å². The van der Waals surface area contributed by atoms with Gasteiger partial charge in [-0.2, -0.15) is 0 Å². The molecule has 3 aromatic rings. The number of hydrogen-bond donors (Lipinski definition) is 1. The second-order valence-corrected chi connectivity index (χ2v) is 12.9. The molecule has 7 nitrogen and oxygen atoms in total. The molecule has 0 aliphatic rings. The summed E-state index contributed by atoms with van der Waals surface area (Å²) in [5.74, 6) is -0.402. The molecule has 3 rings (SSSR count). The molecule has 40 heavy (non-hydrogen) atoms. The molecule has 0 bridgehead atoms. The van der Waals surface area contributed by atoms with Crippen molar-refractivity contribution in [2.24, 2.45) is 0 Å². The van der Waals surface area contributed by atoms with Crippen molar-refractivity contribution in [3.63, 3.8) is 0 Å². The van der Waals surface area contributed by atoms with Crippen molar-refractivity contribution in [2.45, 2.75) is 63.1 Å². The topological polar surface area (TPSA) is 86.8 Å². The van der Waals surface area contributed by atoms with Crippen LogP contribution in [-0.2, 0) is 32.6 Å². The first-order chi connectivity index (χ1) is 19.1. The predicted octanol–water partition coefficient (Wildman–Crippen LogP) is 5.40. The summed E-state index contributed by atoms with van der Waals surface area (Å²) in [6.45, 7) is 4.39. The third kappa shape index (κ3) is 9.01. The van der Waals surface area contributed by atoms with E-state index in [-0.39, 0.29) is 42.3 Å². The number of hydrogen-bond acceptors (Lipinski definition) is 4. The highest BCUT2D eigenvalue weighted by Gasteiger charge is 2.31. The average molecular weight is 629 g/mol. The van der Waals surface area contributed by atoms with Crippen LogP contribution in [0.25, 0.3) is 0 Å². The molecule has 9 heteroatoms. The highest BCUT2D eigenvalue weighted by molar-refractivity contribution is 9.10. The quantitative estimate of drug-likeness (QED) is 0.259. The number of nitrogens with one attached hydrogen (secondary N) is 1. The molecule has 0 saturated carbocycles. The van der Waals surface area contributed by atoms with E-state index in [1.807, 2.05) is 68.4 Å². The van der Waals surface area contributed by atoms with Gasteiger partial charge in [0.05, 0.1) is 4.90 Å². The van der Waals surface area contributed by atoms with Gasteiger partial charge in [0, 0.05) is 43.5 Å². The van der Waals surface area contributed by atoms with Gasteiger partial charge in [0.2, 0.25) is 21.8 Å². The van der Waals surface area contributed by atoms with E-state index in [9.17, 15) is 18.0 Å². The summed E-state index contributed by atoms with van der Waals surface area (Å²) in [5.41, 5.74) is 1.85. The zero-order valence-corrected chi connectivity index (χ0v) is 25.7. The maximum Gasteiger partial charge on any atom is 0.243 e. The van der Waals surface area contributed by atoms with E-state index in [1.165, 1.54) is 11.4 Å². The molecule has 0 fully saturated rings. The monoisotopic (exact) mass is 627 g/mol. The summed E-state index contributed by atoms with van der Waals surface area (Å²) in [6, 6.07) is 24.8. The van der Waals surface area contributed by atoms with E-state index in [4.69, 9.17) is 0 Å². The van der Waals surface area contributed by atoms with Crippen molar-refractivity contribution in [1.29, 1.82) is 0 Å². The van der Waals surface area contributed by atoms with Gasteiger partial charge in [-0.15, -0.1) is 0 Å². The molecule has 0 spiro atoms. The number of nitrogens with zero attached hydrogens (tertiary/aromatic N) is 2. The summed E-state index contributed by atoms with van der Waals surface area (Å²) in [5, 5.41) is 3.06. The van der Waals surface area contributed by atoms with E-state index in [0.29, 0.717) is 12.8 Å². The van der Waals surface area contributed by atoms with Crippen LogP contribution in [-0.4, -0.2) is 55.1 Å². The number of halogens is 1. The van der Waals surface area contributed by atoms with Crippen LogP contribution in [0.15, 0.2) is 94.3 Å².